The molecule has 1 aliphatic rings. The molecule has 7 heteroatoms. The number of aromatic nitrogens is 1. The quantitative estimate of drug-likeness (QED) is 0.827. The first-order valence-electron chi connectivity index (χ1n) is 7.31. The van der Waals surface area contributed by atoms with Gasteiger partial charge in [0.15, 0.2) is 0 Å². The lowest BCUT2D eigenvalue weighted by atomic mass is 10.2. The standard InChI is InChI=1S/C15H23N3O4/c1-18-8-9-22-11(10-18)6-7-16-14(19)12-4-5-13(20-2)17-15(12)21-3/h4-5,11H,6-10H2,1-3H3,(H,16,19). The van der Waals surface area contributed by atoms with Gasteiger partial charge in [0.1, 0.15) is 5.56 Å². The second kappa shape index (κ2) is 7.95. The Hall–Kier alpha value is -1.86. The van der Waals surface area contributed by atoms with Crippen molar-refractivity contribution >= 4 is 5.91 Å². The molecule has 0 bridgehead atoms. The molecular formula is C15H23N3O4. The van der Waals surface area contributed by atoms with E-state index < -0.39 is 0 Å². The van der Waals surface area contributed by atoms with Crippen LogP contribution in [0.5, 0.6) is 11.8 Å². The summed E-state index contributed by atoms with van der Waals surface area (Å²) in [6.07, 6.45) is 0.942. The Balaban J connectivity index is 1.86. The Bertz CT molecular complexity index is 510. The van der Waals surface area contributed by atoms with Crippen molar-refractivity contribution in [3.8, 4) is 11.8 Å². The number of morpholine rings is 1. The highest BCUT2D eigenvalue weighted by Crippen LogP contribution is 2.19. The maximum atomic E-state index is 12.2. The highest BCUT2D eigenvalue weighted by Gasteiger charge is 2.19. The second-order valence-electron chi connectivity index (χ2n) is 5.21. The van der Waals surface area contributed by atoms with Gasteiger partial charge in [-0.2, -0.15) is 4.98 Å². The van der Waals surface area contributed by atoms with Crippen LogP contribution in [0.15, 0.2) is 12.1 Å². The number of amides is 1. The minimum absolute atomic E-state index is 0.162. The molecule has 1 saturated heterocycles. The largest absolute Gasteiger partial charge is 0.481 e. The number of methoxy groups -OCH3 is 2. The van der Waals surface area contributed by atoms with E-state index in [2.05, 4.69) is 22.2 Å². The van der Waals surface area contributed by atoms with E-state index in [1.165, 1.54) is 14.2 Å². The molecule has 1 aliphatic heterocycles. The number of hydrogen-bond donors (Lipinski definition) is 1. The maximum Gasteiger partial charge on any atom is 0.256 e. The summed E-state index contributed by atoms with van der Waals surface area (Å²) < 4.78 is 15.8. The van der Waals surface area contributed by atoms with Crippen LogP contribution in [0.2, 0.25) is 0 Å². The summed E-state index contributed by atoms with van der Waals surface area (Å²) >= 11 is 0. The zero-order valence-electron chi connectivity index (χ0n) is 13.3. The van der Waals surface area contributed by atoms with E-state index in [1.807, 2.05) is 0 Å². The molecule has 1 aromatic rings. The number of rotatable bonds is 6. The van der Waals surface area contributed by atoms with Gasteiger partial charge in [0.05, 0.1) is 26.9 Å². The number of carbonyl (C=O) groups is 1. The molecule has 1 N–H and O–H groups in total. The second-order valence-corrected chi connectivity index (χ2v) is 5.21. The highest BCUT2D eigenvalue weighted by atomic mass is 16.5. The molecule has 0 aliphatic carbocycles. The normalized spacial score (nSPS) is 18.8. The van der Waals surface area contributed by atoms with E-state index in [0.717, 1.165) is 26.1 Å². The van der Waals surface area contributed by atoms with Gasteiger partial charge in [0.2, 0.25) is 11.8 Å². The summed E-state index contributed by atoms with van der Waals surface area (Å²) in [6.45, 7) is 3.14. The Morgan fingerprint density at radius 1 is 1.45 bits per heavy atom. The fourth-order valence-electron chi connectivity index (χ4n) is 2.35. The van der Waals surface area contributed by atoms with E-state index in [9.17, 15) is 4.79 Å². The molecule has 0 spiro atoms. The SMILES string of the molecule is COc1ccc(C(=O)NCCC2CN(C)CCO2)c(OC)n1. The summed E-state index contributed by atoms with van der Waals surface area (Å²) in [6, 6.07) is 3.28. The number of likely N-dealkylation sites (N-methyl/N-ethyl adjacent to an activating group) is 1. The lowest BCUT2D eigenvalue weighted by Gasteiger charge is -2.30. The van der Waals surface area contributed by atoms with Gasteiger partial charge in [-0.25, -0.2) is 0 Å². The van der Waals surface area contributed by atoms with Gasteiger partial charge in [-0.3, -0.25) is 4.79 Å². The van der Waals surface area contributed by atoms with Crippen LogP contribution >= 0.6 is 0 Å². The van der Waals surface area contributed by atoms with Crippen LogP contribution in [-0.2, 0) is 4.74 Å². The van der Waals surface area contributed by atoms with Crippen molar-refractivity contribution in [2.24, 2.45) is 0 Å². The van der Waals surface area contributed by atoms with E-state index >= 15 is 0 Å². The average molecular weight is 309 g/mol. The average Bonchev–Trinajstić information content (AvgIpc) is 2.54. The first-order chi connectivity index (χ1) is 10.6. The molecule has 2 rings (SSSR count). The predicted octanol–water partition coefficient (Wildman–Crippen LogP) is 0.549. The Morgan fingerprint density at radius 2 is 2.27 bits per heavy atom. The first-order valence-corrected chi connectivity index (χ1v) is 7.31. The number of pyridine rings is 1. The summed E-state index contributed by atoms with van der Waals surface area (Å²) in [5.41, 5.74) is 0.394. The van der Waals surface area contributed by atoms with Crippen LogP contribution in [0.1, 0.15) is 16.8 Å². The minimum Gasteiger partial charge on any atom is -0.481 e. The predicted molar refractivity (Wildman–Crippen MR) is 81.5 cm³/mol. The third kappa shape index (κ3) is 4.32. The topological polar surface area (TPSA) is 72.9 Å². The van der Waals surface area contributed by atoms with E-state index in [0.29, 0.717) is 18.0 Å². The molecule has 0 saturated carbocycles. The van der Waals surface area contributed by atoms with Crippen LogP contribution in [0, 0.1) is 0 Å². The lowest BCUT2D eigenvalue weighted by Crippen LogP contribution is -2.41. The molecule has 1 unspecified atom stereocenters. The summed E-state index contributed by atoms with van der Waals surface area (Å²) in [5, 5.41) is 2.88. The van der Waals surface area contributed by atoms with Crippen molar-refractivity contribution in [2.45, 2.75) is 12.5 Å². The van der Waals surface area contributed by atoms with Crippen molar-refractivity contribution in [1.29, 1.82) is 0 Å². The van der Waals surface area contributed by atoms with Gasteiger partial charge < -0.3 is 24.4 Å². The fraction of sp³-hybridized carbons (Fsp3) is 0.600. The number of nitrogens with one attached hydrogen (secondary N) is 1. The van der Waals surface area contributed by atoms with Crippen molar-refractivity contribution < 1.29 is 19.0 Å². The van der Waals surface area contributed by atoms with Crippen LogP contribution in [0.25, 0.3) is 0 Å². The van der Waals surface area contributed by atoms with Crippen molar-refractivity contribution in [1.82, 2.24) is 15.2 Å². The summed E-state index contributed by atoms with van der Waals surface area (Å²) in [4.78, 5) is 18.5. The molecule has 22 heavy (non-hydrogen) atoms. The molecule has 2 heterocycles. The molecule has 0 aromatic carbocycles. The molecule has 1 atom stereocenters. The molecular weight excluding hydrogens is 286 g/mol. The smallest absolute Gasteiger partial charge is 0.256 e. The minimum atomic E-state index is -0.212. The molecule has 0 radical (unpaired) electrons. The van der Waals surface area contributed by atoms with Crippen LogP contribution in [-0.4, -0.2) is 69.4 Å². The van der Waals surface area contributed by atoms with Gasteiger partial charge in [0.25, 0.3) is 5.91 Å². The molecule has 7 nitrogen and oxygen atoms in total. The van der Waals surface area contributed by atoms with E-state index in [4.69, 9.17) is 14.2 Å². The maximum absolute atomic E-state index is 12.2. The lowest BCUT2D eigenvalue weighted by molar-refractivity contribution is -0.0226. The fourth-order valence-corrected chi connectivity index (χ4v) is 2.35. The molecule has 122 valence electrons. The summed E-state index contributed by atoms with van der Waals surface area (Å²) in [5.74, 6) is 0.453. The van der Waals surface area contributed by atoms with Crippen molar-refractivity contribution in [3.05, 3.63) is 17.7 Å². The summed E-state index contributed by atoms with van der Waals surface area (Å²) in [7, 11) is 5.06. The number of ether oxygens (including phenoxy) is 3. The van der Waals surface area contributed by atoms with Gasteiger partial charge >= 0.3 is 0 Å². The van der Waals surface area contributed by atoms with Crippen LogP contribution in [0.4, 0.5) is 0 Å². The number of hydrogen-bond acceptors (Lipinski definition) is 6. The third-order valence-electron chi connectivity index (χ3n) is 3.58. The Kier molecular flexibility index (Phi) is 5.97. The molecule has 1 aromatic heterocycles. The number of nitrogens with zero attached hydrogens (tertiary/aromatic N) is 2. The number of carbonyl (C=O) groups excluding carboxylic acids is 1. The highest BCUT2D eigenvalue weighted by molar-refractivity contribution is 5.96. The van der Waals surface area contributed by atoms with E-state index in [-0.39, 0.29) is 17.9 Å². The Morgan fingerprint density at radius 3 is 2.95 bits per heavy atom. The van der Waals surface area contributed by atoms with Crippen LogP contribution < -0.4 is 14.8 Å². The Labute approximate surface area is 130 Å². The van der Waals surface area contributed by atoms with Gasteiger partial charge in [-0.1, -0.05) is 0 Å². The van der Waals surface area contributed by atoms with Crippen molar-refractivity contribution in [3.63, 3.8) is 0 Å². The molecule has 1 amide bonds. The van der Waals surface area contributed by atoms with Gasteiger partial charge in [-0.05, 0) is 19.5 Å². The monoisotopic (exact) mass is 309 g/mol. The van der Waals surface area contributed by atoms with Gasteiger partial charge in [0, 0.05) is 25.7 Å². The van der Waals surface area contributed by atoms with E-state index in [1.54, 1.807) is 12.1 Å². The molecule has 1 fully saturated rings. The van der Waals surface area contributed by atoms with Crippen LogP contribution in [0.3, 0.4) is 0 Å². The zero-order valence-corrected chi connectivity index (χ0v) is 13.3. The third-order valence-corrected chi connectivity index (χ3v) is 3.58. The zero-order chi connectivity index (χ0) is 15.9. The first kappa shape index (κ1) is 16.5. The van der Waals surface area contributed by atoms with Crippen molar-refractivity contribution in [2.75, 3.05) is 47.5 Å². The van der Waals surface area contributed by atoms with Gasteiger partial charge in [-0.15, -0.1) is 0 Å².